The highest BCUT2D eigenvalue weighted by Gasteiger charge is 2.29. The van der Waals surface area contributed by atoms with Crippen molar-refractivity contribution in [2.45, 2.75) is 26.9 Å². The van der Waals surface area contributed by atoms with Gasteiger partial charge in [0, 0.05) is 0 Å². The molecule has 0 saturated heterocycles. The van der Waals surface area contributed by atoms with Crippen LogP contribution in [0.3, 0.4) is 0 Å². The highest BCUT2D eigenvalue weighted by atomic mass is 16.6. The van der Waals surface area contributed by atoms with E-state index in [0.29, 0.717) is 17.2 Å². The first-order chi connectivity index (χ1) is 10.5. The Kier molecular flexibility index (Phi) is 3.75. The Hall–Kier alpha value is -2.49. The fourth-order valence-corrected chi connectivity index (χ4v) is 2.42. The lowest BCUT2D eigenvalue weighted by atomic mass is 10.1. The first kappa shape index (κ1) is 14.4. The van der Waals surface area contributed by atoms with Gasteiger partial charge in [-0.3, -0.25) is 0 Å². The van der Waals surface area contributed by atoms with E-state index < -0.39 is 12.1 Å². The van der Waals surface area contributed by atoms with Gasteiger partial charge < -0.3 is 14.2 Å². The number of hydrogen-bond acceptors (Lipinski definition) is 4. The zero-order valence-electron chi connectivity index (χ0n) is 12.9. The van der Waals surface area contributed by atoms with Crippen LogP contribution < -0.4 is 14.2 Å². The number of benzene rings is 2. The summed E-state index contributed by atoms with van der Waals surface area (Å²) in [6, 6.07) is 11.2. The highest BCUT2D eigenvalue weighted by molar-refractivity contribution is 5.78. The summed E-state index contributed by atoms with van der Waals surface area (Å²) < 4.78 is 16.7. The third kappa shape index (κ3) is 2.77. The number of hydrogen-bond donors (Lipinski definition) is 0. The molecule has 1 atom stereocenters. The molecule has 114 valence electrons. The minimum Gasteiger partial charge on any atom is -0.485 e. The molecule has 4 heteroatoms. The molecule has 0 aromatic heterocycles. The number of fused-ring (bicyclic) bond motifs is 1. The van der Waals surface area contributed by atoms with Crippen LogP contribution in [0.5, 0.6) is 17.2 Å². The van der Waals surface area contributed by atoms with Crippen LogP contribution in [-0.2, 0) is 4.79 Å². The molecule has 0 amide bonds. The molecular formula is C18H18O4. The molecule has 0 fully saturated rings. The third-order valence-electron chi connectivity index (χ3n) is 3.75. The van der Waals surface area contributed by atoms with Crippen molar-refractivity contribution in [1.29, 1.82) is 0 Å². The molecule has 1 aliphatic rings. The zero-order valence-corrected chi connectivity index (χ0v) is 12.9. The summed E-state index contributed by atoms with van der Waals surface area (Å²) in [5, 5.41) is 0. The SMILES string of the molecule is Cc1cc(C)c(C)c(OC(=O)[C@H]2COc3ccccc3O2)c1. The van der Waals surface area contributed by atoms with Crippen LogP contribution in [0.1, 0.15) is 16.7 Å². The Morgan fingerprint density at radius 3 is 2.64 bits per heavy atom. The number of rotatable bonds is 2. The maximum atomic E-state index is 12.3. The predicted molar refractivity (Wildman–Crippen MR) is 82.6 cm³/mol. The van der Waals surface area contributed by atoms with E-state index in [1.165, 1.54) is 0 Å². The molecule has 4 nitrogen and oxygen atoms in total. The van der Waals surface area contributed by atoms with Gasteiger partial charge in [-0.25, -0.2) is 4.79 Å². The van der Waals surface area contributed by atoms with Gasteiger partial charge in [0.05, 0.1) is 0 Å². The van der Waals surface area contributed by atoms with Gasteiger partial charge in [0.15, 0.2) is 11.5 Å². The maximum Gasteiger partial charge on any atom is 0.356 e. The second-order valence-corrected chi connectivity index (χ2v) is 5.49. The monoisotopic (exact) mass is 298 g/mol. The summed E-state index contributed by atoms with van der Waals surface area (Å²) in [4.78, 5) is 12.3. The summed E-state index contributed by atoms with van der Waals surface area (Å²) in [6.45, 7) is 6.06. The summed E-state index contributed by atoms with van der Waals surface area (Å²) in [5.74, 6) is 1.34. The highest BCUT2D eigenvalue weighted by Crippen LogP contribution is 2.31. The number of para-hydroxylation sites is 2. The van der Waals surface area contributed by atoms with Crippen molar-refractivity contribution < 1.29 is 19.0 Å². The fourth-order valence-electron chi connectivity index (χ4n) is 2.42. The van der Waals surface area contributed by atoms with E-state index in [9.17, 15) is 4.79 Å². The molecular weight excluding hydrogens is 280 g/mol. The third-order valence-corrected chi connectivity index (χ3v) is 3.75. The van der Waals surface area contributed by atoms with E-state index in [0.717, 1.165) is 16.7 Å². The number of aryl methyl sites for hydroxylation is 2. The van der Waals surface area contributed by atoms with Crippen LogP contribution in [0, 0.1) is 20.8 Å². The zero-order chi connectivity index (χ0) is 15.7. The topological polar surface area (TPSA) is 44.8 Å². The van der Waals surface area contributed by atoms with Gasteiger partial charge in [0.1, 0.15) is 12.4 Å². The first-order valence-corrected chi connectivity index (χ1v) is 7.22. The van der Waals surface area contributed by atoms with Crippen molar-refractivity contribution in [1.82, 2.24) is 0 Å². The molecule has 3 rings (SSSR count). The molecule has 2 aromatic rings. The van der Waals surface area contributed by atoms with Crippen LogP contribution in [0.2, 0.25) is 0 Å². The molecule has 22 heavy (non-hydrogen) atoms. The van der Waals surface area contributed by atoms with Gasteiger partial charge in [-0.05, 0) is 55.7 Å². The Morgan fingerprint density at radius 2 is 1.86 bits per heavy atom. The lowest BCUT2D eigenvalue weighted by Gasteiger charge is -2.25. The molecule has 1 aliphatic heterocycles. The maximum absolute atomic E-state index is 12.3. The number of esters is 1. The van der Waals surface area contributed by atoms with Gasteiger partial charge >= 0.3 is 5.97 Å². The van der Waals surface area contributed by atoms with Crippen LogP contribution in [0.4, 0.5) is 0 Å². The molecule has 0 spiro atoms. The average Bonchev–Trinajstić information content (AvgIpc) is 2.51. The summed E-state index contributed by atoms with van der Waals surface area (Å²) >= 11 is 0. The fraction of sp³-hybridized carbons (Fsp3) is 0.278. The average molecular weight is 298 g/mol. The summed E-state index contributed by atoms with van der Waals surface area (Å²) in [6.07, 6.45) is -0.755. The van der Waals surface area contributed by atoms with E-state index >= 15 is 0 Å². The van der Waals surface area contributed by atoms with E-state index in [4.69, 9.17) is 14.2 Å². The summed E-state index contributed by atoms with van der Waals surface area (Å²) in [7, 11) is 0. The van der Waals surface area contributed by atoms with Crippen molar-refractivity contribution in [3.8, 4) is 17.2 Å². The van der Waals surface area contributed by atoms with Crippen LogP contribution in [-0.4, -0.2) is 18.7 Å². The number of carbonyl (C=O) groups excluding carboxylic acids is 1. The van der Waals surface area contributed by atoms with Crippen molar-refractivity contribution >= 4 is 5.97 Å². The Morgan fingerprint density at radius 1 is 1.14 bits per heavy atom. The quantitative estimate of drug-likeness (QED) is 0.630. The first-order valence-electron chi connectivity index (χ1n) is 7.22. The van der Waals surface area contributed by atoms with Gasteiger partial charge in [-0.1, -0.05) is 18.2 Å². The largest absolute Gasteiger partial charge is 0.485 e. The molecule has 0 aliphatic carbocycles. The number of carbonyl (C=O) groups is 1. The molecule has 2 aromatic carbocycles. The molecule has 0 unspecified atom stereocenters. The van der Waals surface area contributed by atoms with Gasteiger partial charge in [0.2, 0.25) is 6.10 Å². The van der Waals surface area contributed by atoms with E-state index in [1.807, 2.05) is 45.0 Å². The minimum atomic E-state index is -0.755. The van der Waals surface area contributed by atoms with Gasteiger partial charge in [-0.2, -0.15) is 0 Å². The van der Waals surface area contributed by atoms with Gasteiger partial charge in [0.25, 0.3) is 0 Å². The van der Waals surface area contributed by atoms with E-state index in [-0.39, 0.29) is 6.61 Å². The van der Waals surface area contributed by atoms with Gasteiger partial charge in [-0.15, -0.1) is 0 Å². The van der Waals surface area contributed by atoms with Crippen LogP contribution in [0.15, 0.2) is 36.4 Å². The standard InChI is InChI=1S/C18H18O4/c1-11-8-12(2)13(3)16(9-11)22-18(19)17-10-20-14-6-4-5-7-15(14)21-17/h4-9,17H,10H2,1-3H3/t17-/m1/s1. The summed E-state index contributed by atoms with van der Waals surface area (Å²) in [5.41, 5.74) is 3.10. The number of ether oxygens (including phenoxy) is 3. The molecule has 0 saturated carbocycles. The van der Waals surface area contributed by atoms with E-state index in [2.05, 4.69) is 6.07 Å². The Bertz CT molecular complexity index is 721. The Balaban J connectivity index is 1.76. The second-order valence-electron chi connectivity index (χ2n) is 5.49. The Labute approximate surface area is 129 Å². The smallest absolute Gasteiger partial charge is 0.356 e. The molecule has 0 radical (unpaired) electrons. The van der Waals surface area contributed by atoms with Crippen molar-refractivity contribution in [2.75, 3.05) is 6.61 Å². The molecule has 0 bridgehead atoms. The lowest BCUT2D eigenvalue weighted by Crippen LogP contribution is -2.39. The van der Waals surface area contributed by atoms with Crippen molar-refractivity contribution in [3.63, 3.8) is 0 Å². The van der Waals surface area contributed by atoms with Crippen molar-refractivity contribution in [2.24, 2.45) is 0 Å². The lowest BCUT2D eigenvalue weighted by molar-refractivity contribution is -0.144. The van der Waals surface area contributed by atoms with E-state index in [1.54, 1.807) is 6.07 Å². The minimum absolute atomic E-state index is 0.152. The van der Waals surface area contributed by atoms with Crippen LogP contribution >= 0.6 is 0 Å². The predicted octanol–water partition coefficient (Wildman–Crippen LogP) is 3.36. The molecule has 0 N–H and O–H groups in total. The molecule has 1 heterocycles. The second kappa shape index (κ2) is 5.72. The van der Waals surface area contributed by atoms with Crippen molar-refractivity contribution in [3.05, 3.63) is 53.1 Å². The van der Waals surface area contributed by atoms with Crippen LogP contribution in [0.25, 0.3) is 0 Å². The normalized spacial score (nSPS) is 16.2.